The van der Waals surface area contributed by atoms with Gasteiger partial charge in [-0.2, -0.15) is 4.98 Å². The number of carbonyl (C=O) groups excluding carboxylic acids is 1. The fourth-order valence-electron chi connectivity index (χ4n) is 5.53. The molecule has 226 valence electrons. The van der Waals surface area contributed by atoms with Gasteiger partial charge in [0.1, 0.15) is 17.5 Å². The summed E-state index contributed by atoms with van der Waals surface area (Å²) in [5, 5.41) is 0.570. The number of aryl methyl sites for hydroxylation is 1. The van der Waals surface area contributed by atoms with Crippen LogP contribution in [0.4, 0.5) is 14.6 Å². The second-order valence-corrected chi connectivity index (χ2v) is 11.3. The highest BCUT2D eigenvalue weighted by atomic mass is 35.5. The molecule has 43 heavy (non-hydrogen) atoms. The molecule has 5 rings (SSSR count). The zero-order valence-electron chi connectivity index (χ0n) is 24.0. The Morgan fingerprint density at radius 2 is 1.84 bits per heavy atom. The van der Waals surface area contributed by atoms with E-state index in [4.69, 9.17) is 16.6 Å². The number of nitrogens with zero attached hydrogens (tertiary/aromatic N) is 6. The van der Waals surface area contributed by atoms with Crippen LogP contribution in [0.25, 0.3) is 28.0 Å². The molecule has 1 aliphatic rings. The quantitative estimate of drug-likeness (QED) is 0.242. The number of aromatic nitrogens is 4. The average Bonchev–Trinajstić information content (AvgIpc) is 2.94. The summed E-state index contributed by atoms with van der Waals surface area (Å²) in [6.45, 7) is 14.0. The van der Waals surface area contributed by atoms with Gasteiger partial charge in [-0.15, -0.1) is 0 Å². The zero-order chi connectivity index (χ0) is 30.5. The standard InChI is InChI=1S/C31H31ClF2N6O2.CH4/c1-7-25(41)38-14-19(6)39(15-18(38)5)29-22-13-23(32)27(21-9-8-20(33)12-24(21)34)36-30(22)40(31(42)37-29)28-17(4)10-11-35-26(28)16(2)3;/h7-13,16,18-19H,1,14-15H2,2-6H3;1H4/t18-,19+;/m1./s1. The van der Waals surface area contributed by atoms with Gasteiger partial charge in [0.05, 0.1) is 27.5 Å². The van der Waals surface area contributed by atoms with E-state index < -0.39 is 17.3 Å². The lowest BCUT2D eigenvalue weighted by molar-refractivity contribution is -0.128. The maximum atomic E-state index is 15.0. The van der Waals surface area contributed by atoms with Gasteiger partial charge in [0.25, 0.3) is 0 Å². The van der Waals surface area contributed by atoms with Crippen LogP contribution in [0, 0.1) is 18.6 Å². The number of hydrogen-bond acceptors (Lipinski definition) is 6. The van der Waals surface area contributed by atoms with Crippen molar-refractivity contribution in [2.45, 2.75) is 60.0 Å². The molecule has 3 aromatic heterocycles. The number of pyridine rings is 2. The Bertz CT molecular complexity index is 1790. The van der Waals surface area contributed by atoms with Crippen LogP contribution < -0.4 is 10.6 Å². The minimum atomic E-state index is -0.835. The van der Waals surface area contributed by atoms with Gasteiger partial charge in [0.2, 0.25) is 5.91 Å². The van der Waals surface area contributed by atoms with Crippen molar-refractivity contribution in [1.82, 2.24) is 24.4 Å². The number of piperazine rings is 1. The number of rotatable bonds is 5. The van der Waals surface area contributed by atoms with Gasteiger partial charge in [-0.25, -0.2) is 23.1 Å². The summed E-state index contributed by atoms with van der Waals surface area (Å²) in [5.41, 5.74) is 1.63. The van der Waals surface area contributed by atoms with Crippen LogP contribution in [0.5, 0.6) is 0 Å². The molecular formula is C32H35ClF2N6O2. The highest BCUT2D eigenvalue weighted by molar-refractivity contribution is 6.33. The lowest BCUT2D eigenvalue weighted by Gasteiger charge is -2.44. The summed E-state index contributed by atoms with van der Waals surface area (Å²) in [6, 6.07) is 6.15. The molecule has 1 amide bonds. The molecule has 0 radical (unpaired) electrons. The maximum absolute atomic E-state index is 15.0. The number of anilines is 1. The van der Waals surface area contributed by atoms with Crippen LogP contribution in [0.15, 0.2) is 54.0 Å². The van der Waals surface area contributed by atoms with Crippen molar-refractivity contribution in [2.24, 2.45) is 0 Å². The van der Waals surface area contributed by atoms with Crippen LogP contribution in [0.1, 0.15) is 52.3 Å². The number of fused-ring (bicyclic) bond motifs is 1. The van der Waals surface area contributed by atoms with Crippen molar-refractivity contribution in [3.05, 3.63) is 87.6 Å². The van der Waals surface area contributed by atoms with E-state index in [2.05, 4.69) is 16.5 Å². The third-order valence-electron chi connectivity index (χ3n) is 7.63. The van der Waals surface area contributed by atoms with Gasteiger partial charge in [-0.3, -0.25) is 9.78 Å². The SMILES string of the molecule is C.C=CC(=O)N1C[C@H](C)N(c2nc(=O)n(-c3c(C)ccnc3C(C)C)c3nc(-c4ccc(F)cc4F)c(Cl)cc23)C[C@H]1C. The summed E-state index contributed by atoms with van der Waals surface area (Å²) < 4.78 is 30.1. The first-order chi connectivity index (χ1) is 19.9. The fourth-order valence-corrected chi connectivity index (χ4v) is 5.78. The van der Waals surface area contributed by atoms with E-state index in [0.29, 0.717) is 35.7 Å². The van der Waals surface area contributed by atoms with E-state index in [0.717, 1.165) is 17.7 Å². The molecule has 2 atom stereocenters. The second kappa shape index (κ2) is 12.2. The number of carbonyl (C=O) groups is 1. The smallest absolute Gasteiger partial charge is 0.349 e. The average molecular weight is 609 g/mol. The van der Waals surface area contributed by atoms with E-state index in [1.165, 1.54) is 16.7 Å². The largest absolute Gasteiger partial charge is 0.355 e. The summed E-state index contributed by atoms with van der Waals surface area (Å²) in [4.78, 5) is 44.0. The minimum Gasteiger partial charge on any atom is -0.349 e. The summed E-state index contributed by atoms with van der Waals surface area (Å²) in [5.74, 6) is -1.44. The first-order valence-corrected chi connectivity index (χ1v) is 14.0. The van der Waals surface area contributed by atoms with Crippen molar-refractivity contribution in [2.75, 3.05) is 18.0 Å². The highest BCUT2D eigenvalue weighted by Gasteiger charge is 2.34. The summed E-state index contributed by atoms with van der Waals surface area (Å²) in [7, 11) is 0. The molecule has 1 fully saturated rings. The van der Waals surface area contributed by atoms with Crippen LogP contribution in [0.2, 0.25) is 5.02 Å². The van der Waals surface area contributed by atoms with Crippen molar-refractivity contribution in [1.29, 1.82) is 0 Å². The Morgan fingerprint density at radius 3 is 2.49 bits per heavy atom. The summed E-state index contributed by atoms with van der Waals surface area (Å²) >= 11 is 6.73. The zero-order valence-corrected chi connectivity index (χ0v) is 24.8. The predicted octanol–water partition coefficient (Wildman–Crippen LogP) is 6.45. The normalized spacial score (nSPS) is 16.9. The number of hydrogen-bond donors (Lipinski definition) is 0. The Balaban J connectivity index is 0.00000423. The van der Waals surface area contributed by atoms with E-state index >= 15 is 0 Å². The van der Waals surface area contributed by atoms with Crippen molar-refractivity contribution in [3.8, 4) is 16.9 Å². The van der Waals surface area contributed by atoms with E-state index in [-0.39, 0.29) is 53.3 Å². The third-order valence-corrected chi connectivity index (χ3v) is 7.92. The lowest BCUT2D eigenvalue weighted by Crippen LogP contribution is -2.58. The molecule has 11 heteroatoms. The van der Waals surface area contributed by atoms with Gasteiger partial charge < -0.3 is 9.80 Å². The van der Waals surface area contributed by atoms with Crippen LogP contribution >= 0.6 is 11.6 Å². The molecule has 4 aromatic rings. The van der Waals surface area contributed by atoms with Gasteiger partial charge in [-0.05, 0) is 62.6 Å². The molecule has 1 saturated heterocycles. The fraction of sp³-hybridized carbons (Fsp3) is 0.344. The maximum Gasteiger partial charge on any atom is 0.355 e. The van der Waals surface area contributed by atoms with Crippen LogP contribution in [0.3, 0.4) is 0 Å². The monoisotopic (exact) mass is 608 g/mol. The Kier molecular flexibility index (Phi) is 9.01. The molecule has 1 aliphatic heterocycles. The molecule has 0 N–H and O–H groups in total. The first-order valence-electron chi connectivity index (χ1n) is 13.7. The van der Waals surface area contributed by atoms with Gasteiger partial charge in [0, 0.05) is 43.0 Å². The van der Waals surface area contributed by atoms with Gasteiger partial charge >= 0.3 is 5.69 Å². The second-order valence-electron chi connectivity index (χ2n) is 10.9. The Labute approximate surface area is 254 Å². The highest BCUT2D eigenvalue weighted by Crippen LogP contribution is 2.36. The topological polar surface area (TPSA) is 84.2 Å². The molecule has 0 unspecified atom stereocenters. The van der Waals surface area contributed by atoms with Crippen molar-refractivity contribution in [3.63, 3.8) is 0 Å². The Morgan fingerprint density at radius 1 is 1.12 bits per heavy atom. The molecule has 0 bridgehead atoms. The van der Waals surface area contributed by atoms with E-state index in [1.54, 1.807) is 23.2 Å². The van der Waals surface area contributed by atoms with Gasteiger partial charge in [-0.1, -0.05) is 39.5 Å². The lowest BCUT2D eigenvalue weighted by atomic mass is 10.0. The molecule has 8 nitrogen and oxygen atoms in total. The van der Waals surface area contributed by atoms with Crippen molar-refractivity contribution >= 4 is 34.4 Å². The van der Waals surface area contributed by atoms with Crippen molar-refractivity contribution < 1.29 is 13.6 Å². The third kappa shape index (κ3) is 5.63. The summed E-state index contributed by atoms with van der Waals surface area (Å²) in [6.07, 6.45) is 2.97. The first kappa shape index (κ1) is 31.7. The number of amides is 1. The van der Waals surface area contributed by atoms with E-state index in [9.17, 15) is 18.4 Å². The van der Waals surface area contributed by atoms with E-state index in [1.807, 2.05) is 39.5 Å². The minimum absolute atomic E-state index is 0. The van der Waals surface area contributed by atoms with Gasteiger partial charge in [0.15, 0.2) is 5.65 Å². The molecule has 0 aliphatic carbocycles. The number of halogens is 3. The molecular weight excluding hydrogens is 574 g/mol. The predicted molar refractivity (Wildman–Crippen MR) is 167 cm³/mol. The van der Waals surface area contributed by atoms with Crippen LogP contribution in [-0.2, 0) is 4.79 Å². The molecule has 1 aromatic carbocycles. The number of benzene rings is 1. The molecule has 4 heterocycles. The molecule has 0 saturated carbocycles. The van der Waals surface area contributed by atoms with Crippen LogP contribution in [-0.4, -0.2) is 55.5 Å². The Hall–Kier alpha value is -4.18. The molecule has 0 spiro atoms.